The molecule has 0 aliphatic carbocycles. The highest BCUT2D eigenvalue weighted by molar-refractivity contribution is 7.92. The van der Waals surface area contributed by atoms with Gasteiger partial charge in [-0.3, -0.25) is 9.10 Å². The summed E-state index contributed by atoms with van der Waals surface area (Å²) in [4.78, 5) is 12.9. The lowest BCUT2D eigenvalue weighted by Gasteiger charge is -2.31. The van der Waals surface area contributed by atoms with Gasteiger partial charge in [0.2, 0.25) is 15.9 Å². The van der Waals surface area contributed by atoms with E-state index >= 15 is 0 Å². The first-order chi connectivity index (χ1) is 12.2. The number of nitrogens with zero attached hydrogens (tertiary/aromatic N) is 1. The van der Waals surface area contributed by atoms with E-state index in [1.165, 1.54) is 4.31 Å². The first-order valence-electron chi connectivity index (χ1n) is 8.65. The zero-order valence-corrected chi connectivity index (χ0v) is 16.5. The van der Waals surface area contributed by atoms with Crippen molar-refractivity contribution in [3.05, 3.63) is 65.7 Å². The maximum absolute atomic E-state index is 12.9. The molecule has 0 saturated carbocycles. The van der Waals surface area contributed by atoms with Crippen LogP contribution in [0.5, 0.6) is 0 Å². The van der Waals surface area contributed by atoms with Gasteiger partial charge in [-0.25, -0.2) is 8.42 Å². The van der Waals surface area contributed by atoms with Crippen LogP contribution in [0.15, 0.2) is 54.6 Å². The quantitative estimate of drug-likeness (QED) is 0.807. The van der Waals surface area contributed by atoms with Crippen molar-refractivity contribution >= 4 is 21.6 Å². The molecule has 0 aromatic heterocycles. The summed E-state index contributed by atoms with van der Waals surface area (Å²) >= 11 is 0. The Labute approximate surface area is 156 Å². The smallest absolute Gasteiger partial charge is 0.244 e. The molecule has 26 heavy (non-hydrogen) atoms. The van der Waals surface area contributed by atoms with Crippen molar-refractivity contribution in [2.45, 2.75) is 39.3 Å². The van der Waals surface area contributed by atoms with Crippen LogP contribution in [-0.2, 0) is 14.8 Å². The molecule has 0 bridgehead atoms. The summed E-state index contributed by atoms with van der Waals surface area (Å²) in [5.74, 6) is -0.310. The second-order valence-electron chi connectivity index (χ2n) is 6.46. The molecule has 0 fully saturated rings. The number of hydrogen-bond acceptors (Lipinski definition) is 3. The molecule has 2 aromatic carbocycles. The Morgan fingerprint density at radius 2 is 1.65 bits per heavy atom. The molecule has 6 heteroatoms. The van der Waals surface area contributed by atoms with E-state index in [9.17, 15) is 13.2 Å². The van der Waals surface area contributed by atoms with Gasteiger partial charge in [-0.1, -0.05) is 55.0 Å². The molecule has 1 amide bonds. The lowest BCUT2D eigenvalue weighted by molar-refractivity contribution is -0.122. The number of aryl methyl sites for hydroxylation is 1. The third kappa shape index (κ3) is 4.85. The highest BCUT2D eigenvalue weighted by atomic mass is 32.2. The van der Waals surface area contributed by atoms with E-state index in [0.717, 1.165) is 17.4 Å². The molecule has 2 atom stereocenters. The summed E-state index contributed by atoms with van der Waals surface area (Å²) in [6.07, 6.45) is 1.49. The normalized spacial score (nSPS) is 13.7. The van der Waals surface area contributed by atoms with Crippen molar-refractivity contribution < 1.29 is 13.2 Å². The summed E-state index contributed by atoms with van der Waals surface area (Å²) in [5, 5.41) is 2.94. The Morgan fingerprint density at radius 3 is 2.15 bits per heavy atom. The molecule has 2 unspecified atom stereocenters. The van der Waals surface area contributed by atoms with Gasteiger partial charge in [-0.05, 0) is 38.0 Å². The molecule has 140 valence electrons. The molecule has 5 nitrogen and oxygen atoms in total. The number of rotatable bonds is 7. The Bertz CT molecular complexity index is 833. The molecular weight excluding hydrogens is 348 g/mol. The number of benzene rings is 2. The lowest BCUT2D eigenvalue weighted by atomic mass is 10.1. The minimum atomic E-state index is -3.61. The Kier molecular flexibility index (Phi) is 6.42. The minimum Gasteiger partial charge on any atom is -0.348 e. The predicted octanol–water partition coefficient (Wildman–Crippen LogP) is 3.42. The van der Waals surface area contributed by atoms with Crippen LogP contribution in [-0.4, -0.2) is 26.6 Å². The second-order valence-corrected chi connectivity index (χ2v) is 8.32. The van der Waals surface area contributed by atoms with Crippen LogP contribution in [0.3, 0.4) is 0 Å². The fourth-order valence-electron chi connectivity index (χ4n) is 2.88. The number of carbonyl (C=O) groups excluding carboxylic acids is 1. The Morgan fingerprint density at radius 1 is 1.08 bits per heavy atom. The number of carbonyl (C=O) groups is 1. The van der Waals surface area contributed by atoms with Gasteiger partial charge in [-0.2, -0.15) is 0 Å². The number of sulfonamides is 1. The largest absolute Gasteiger partial charge is 0.348 e. The molecular formula is C20H26N2O3S. The zero-order valence-electron chi connectivity index (χ0n) is 15.6. The highest BCUT2D eigenvalue weighted by Crippen LogP contribution is 2.23. The van der Waals surface area contributed by atoms with E-state index in [-0.39, 0.29) is 11.9 Å². The first kappa shape index (κ1) is 20.0. The highest BCUT2D eigenvalue weighted by Gasteiger charge is 2.32. The van der Waals surface area contributed by atoms with E-state index in [1.54, 1.807) is 24.3 Å². The van der Waals surface area contributed by atoms with Crippen molar-refractivity contribution in [3.8, 4) is 0 Å². The van der Waals surface area contributed by atoms with Gasteiger partial charge in [-0.15, -0.1) is 0 Å². The first-order valence-corrected chi connectivity index (χ1v) is 10.5. The number of nitrogens with one attached hydrogen (secondary N) is 1. The van der Waals surface area contributed by atoms with Crippen LogP contribution in [0, 0.1) is 6.92 Å². The molecule has 1 N–H and O–H groups in total. The van der Waals surface area contributed by atoms with Crippen molar-refractivity contribution in [2.24, 2.45) is 0 Å². The fourth-order valence-corrected chi connectivity index (χ4v) is 4.09. The summed E-state index contributed by atoms with van der Waals surface area (Å²) in [7, 11) is -3.61. The van der Waals surface area contributed by atoms with Crippen LogP contribution in [0.25, 0.3) is 0 Å². The lowest BCUT2D eigenvalue weighted by Crippen LogP contribution is -2.49. The van der Waals surface area contributed by atoms with Crippen molar-refractivity contribution in [2.75, 3.05) is 10.6 Å². The molecule has 0 radical (unpaired) electrons. The van der Waals surface area contributed by atoms with Crippen LogP contribution in [0.1, 0.15) is 37.4 Å². The molecule has 2 aromatic rings. The Balaban J connectivity index is 2.26. The van der Waals surface area contributed by atoms with E-state index in [1.807, 2.05) is 51.1 Å². The third-order valence-corrected chi connectivity index (χ3v) is 5.46. The number of amides is 1. The number of hydrogen-bond donors (Lipinski definition) is 1. The average Bonchev–Trinajstić information content (AvgIpc) is 2.59. The summed E-state index contributed by atoms with van der Waals surface area (Å²) < 4.78 is 26.0. The Hall–Kier alpha value is -2.34. The third-order valence-electron chi connectivity index (χ3n) is 4.28. The van der Waals surface area contributed by atoms with Gasteiger partial charge in [0.25, 0.3) is 0 Å². The molecule has 0 spiro atoms. The summed E-state index contributed by atoms with van der Waals surface area (Å²) in [6, 6.07) is 15.6. The maximum atomic E-state index is 12.9. The second kappa shape index (κ2) is 8.36. The standard InChI is InChI=1S/C20H26N2O3S/c1-5-19(22(26(4,24)25)18-9-7-6-8-10-18)20(23)21-16(3)17-13-11-15(2)12-14-17/h6-14,16,19H,5H2,1-4H3,(H,21,23). The molecule has 0 heterocycles. The molecule has 2 rings (SSSR count). The van der Waals surface area contributed by atoms with Gasteiger partial charge >= 0.3 is 0 Å². The zero-order chi connectivity index (χ0) is 19.3. The fraction of sp³-hybridized carbons (Fsp3) is 0.350. The summed E-state index contributed by atoms with van der Waals surface area (Å²) in [6.45, 7) is 5.70. The number of para-hydroxylation sites is 1. The van der Waals surface area contributed by atoms with Crippen LogP contribution in [0.2, 0.25) is 0 Å². The van der Waals surface area contributed by atoms with Crippen molar-refractivity contribution in [3.63, 3.8) is 0 Å². The van der Waals surface area contributed by atoms with Gasteiger partial charge in [0.05, 0.1) is 18.0 Å². The van der Waals surface area contributed by atoms with Gasteiger partial charge in [0, 0.05) is 0 Å². The minimum absolute atomic E-state index is 0.214. The van der Waals surface area contributed by atoms with Crippen molar-refractivity contribution in [1.29, 1.82) is 0 Å². The molecule has 0 saturated heterocycles. The topological polar surface area (TPSA) is 66.5 Å². The van der Waals surface area contributed by atoms with Gasteiger partial charge in [0.15, 0.2) is 0 Å². The van der Waals surface area contributed by atoms with Crippen LogP contribution >= 0.6 is 0 Å². The van der Waals surface area contributed by atoms with Gasteiger partial charge in [0.1, 0.15) is 6.04 Å². The number of anilines is 1. The maximum Gasteiger partial charge on any atom is 0.244 e. The predicted molar refractivity (Wildman–Crippen MR) is 106 cm³/mol. The SMILES string of the molecule is CCC(C(=O)NC(C)c1ccc(C)cc1)N(c1ccccc1)S(C)(=O)=O. The monoisotopic (exact) mass is 374 g/mol. The van der Waals surface area contributed by atoms with Crippen LogP contribution in [0.4, 0.5) is 5.69 Å². The van der Waals surface area contributed by atoms with E-state index in [2.05, 4.69) is 5.32 Å². The van der Waals surface area contributed by atoms with Gasteiger partial charge < -0.3 is 5.32 Å². The van der Waals surface area contributed by atoms with Crippen molar-refractivity contribution in [1.82, 2.24) is 5.32 Å². The van der Waals surface area contributed by atoms with E-state index < -0.39 is 16.1 Å². The molecule has 0 aliphatic rings. The van der Waals surface area contributed by atoms with E-state index in [4.69, 9.17) is 0 Å². The average molecular weight is 375 g/mol. The molecule has 0 aliphatic heterocycles. The van der Waals surface area contributed by atoms with Crippen LogP contribution < -0.4 is 9.62 Å². The summed E-state index contributed by atoms with van der Waals surface area (Å²) in [5.41, 5.74) is 2.61. The van der Waals surface area contributed by atoms with E-state index in [0.29, 0.717) is 12.1 Å².